The Balaban J connectivity index is 1.67. The van der Waals surface area contributed by atoms with Crippen molar-refractivity contribution in [1.29, 1.82) is 0 Å². The maximum absolute atomic E-state index is 12.4. The van der Waals surface area contributed by atoms with Gasteiger partial charge in [-0.2, -0.15) is 0 Å². The predicted octanol–water partition coefficient (Wildman–Crippen LogP) is 4.62. The van der Waals surface area contributed by atoms with Crippen LogP contribution in [-0.4, -0.2) is 25.1 Å². The number of rotatable bonds is 7. The first-order chi connectivity index (χ1) is 13.6. The molecular weight excluding hydrogens is 378 g/mol. The number of ether oxygens (including phenoxy) is 2. The molecule has 0 aliphatic carbocycles. The van der Waals surface area contributed by atoms with Crippen molar-refractivity contribution in [3.05, 3.63) is 77.1 Å². The molecule has 7 heteroatoms. The summed E-state index contributed by atoms with van der Waals surface area (Å²) < 4.78 is 10.6. The third-order valence-electron chi connectivity index (χ3n) is 4.02. The molecule has 3 aromatic rings. The van der Waals surface area contributed by atoms with Crippen LogP contribution in [0.5, 0.6) is 11.5 Å². The Morgan fingerprint density at radius 3 is 2.57 bits per heavy atom. The summed E-state index contributed by atoms with van der Waals surface area (Å²) in [5, 5.41) is 6.62. The second-order valence-electron chi connectivity index (χ2n) is 5.94. The fourth-order valence-electron chi connectivity index (χ4n) is 2.62. The van der Waals surface area contributed by atoms with Crippen LogP contribution < -0.4 is 20.1 Å². The molecule has 3 rings (SSSR count). The van der Waals surface area contributed by atoms with Gasteiger partial charge in [0.25, 0.3) is 5.91 Å². The zero-order valence-corrected chi connectivity index (χ0v) is 16.3. The Labute approximate surface area is 168 Å². The summed E-state index contributed by atoms with van der Waals surface area (Å²) >= 11 is 5.95. The molecule has 144 valence electrons. The molecule has 2 N–H and O–H groups in total. The third-order valence-corrected chi connectivity index (χ3v) is 4.25. The molecule has 0 fully saturated rings. The standard InChI is InChI=1S/C21H20ClN3O3/c1-27-19-7-6-14(10-20(19)28-2)13-24-16-8-9-23-18(12-16)21(26)25-17-5-3-4-15(22)11-17/h3-12H,13H2,1-2H3,(H,23,24)(H,25,26). The molecule has 0 aliphatic heterocycles. The minimum atomic E-state index is -0.308. The van der Waals surface area contributed by atoms with E-state index in [9.17, 15) is 4.79 Å². The number of pyridine rings is 1. The van der Waals surface area contributed by atoms with Crippen molar-refractivity contribution < 1.29 is 14.3 Å². The summed E-state index contributed by atoms with van der Waals surface area (Å²) in [5.41, 5.74) is 2.71. The second kappa shape index (κ2) is 9.10. The summed E-state index contributed by atoms with van der Waals surface area (Å²) in [4.78, 5) is 16.6. The number of carbonyl (C=O) groups is 1. The Morgan fingerprint density at radius 1 is 1.00 bits per heavy atom. The Hall–Kier alpha value is -3.25. The first-order valence-corrected chi connectivity index (χ1v) is 8.94. The van der Waals surface area contributed by atoms with Crippen LogP contribution in [0.1, 0.15) is 16.1 Å². The molecule has 0 radical (unpaired) electrons. The van der Waals surface area contributed by atoms with Gasteiger partial charge in [0.1, 0.15) is 5.69 Å². The lowest BCUT2D eigenvalue weighted by Crippen LogP contribution is -2.14. The van der Waals surface area contributed by atoms with Crippen molar-refractivity contribution >= 4 is 28.9 Å². The van der Waals surface area contributed by atoms with Crippen LogP contribution in [0.3, 0.4) is 0 Å². The van der Waals surface area contributed by atoms with E-state index in [-0.39, 0.29) is 5.91 Å². The summed E-state index contributed by atoms with van der Waals surface area (Å²) in [6.45, 7) is 0.555. The van der Waals surface area contributed by atoms with E-state index >= 15 is 0 Å². The molecule has 0 saturated heterocycles. The summed E-state index contributed by atoms with van der Waals surface area (Å²) in [7, 11) is 3.20. The van der Waals surface area contributed by atoms with Gasteiger partial charge in [-0.05, 0) is 48.0 Å². The Kier molecular flexibility index (Phi) is 6.34. The molecule has 1 aromatic heterocycles. The van der Waals surface area contributed by atoms with Gasteiger partial charge < -0.3 is 20.1 Å². The normalized spacial score (nSPS) is 10.2. The van der Waals surface area contributed by atoms with E-state index in [0.717, 1.165) is 11.3 Å². The number of carbonyl (C=O) groups excluding carboxylic acids is 1. The molecule has 0 bridgehead atoms. The van der Waals surface area contributed by atoms with Crippen molar-refractivity contribution in [2.24, 2.45) is 0 Å². The Bertz CT molecular complexity index is 979. The maximum atomic E-state index is 12.4. The number of hydrogen-bond donors (Lipinski definition) is 2. The van der Waals surface area contributed by atoms with Crippen molar-refractivity contribution in [3.8, 4) is 11.5 Å². The van der Waals surface area contributed by atoms with E-state index in [1.165, 1.54) is 0 Å². The zero-order valence-electron chi connectivity index (χ0n) is 15.5. The molecule has 0 saturated carbocycles. The first-order valence-electron chi connectivity index (χ1n) is 8.57. The number of nitrogens with one attached hydrogen (secondary N) is 2. The fraction of sp³-hybridized carbons (Fsp3) is 0.143. The smallest absolute Gasteiger partial charge is 0.274 e. The number of anilines is 2. The van der Waals surface area contributed by atoms with Crippen LogP contribution in [-0.2, 0) is 6.54 Å². The highest BCUT2D eigenvalue weighted by Crippen LogP contribution is 2.27. The molecule has 0 aliphatic rings. The number of halogens is 1. The molecule has 2 aromatic carbocycles. The summed E-state index contributed by atoms with van der Waals surface area (Å²) in [6.07, 6.45) is 1.59. The lowest BCUT2D eigenvalue weighted by atomic mass is 10.2. The summed E-state index contributed by atoms with van der Waals surface area (Å²) in [6, 6.07) is 16.2. The van der Waals surface area contributed by atoms with Crippen molar-refractivity contribution in [2.75, 3.05) is 24.9 Å². The van der Waals surface area contributed by atoms with Gasteiger partial charge in [-0.25, -0.2) is 0 Å². The van der Waals surface area contributed by atoms with Crippen molar-refractivity contribution in [1.82, 2.24) is 4.98 Å². The number of benzene rings is 2. The number of aromatic nitrogens is 1. The number of hydrogen-bond acceptors (Lipinski definition) is 5. The highest BCUT2D eigenvalue weighted by Gasteiger charge is 2.09. The number of nitrogens with zero attached hydrogens (tertiary/aromatic N) is 1. The van der Waals surface area contributed by atoms with Gasteiger partial charge >= 0.3 is 0 Å². The molecular formula is C21H20ClN3O3. The van der Waals surface area contributed by atoms with E-state index in [1.807, 2.05) is 18.2 Å². The van der Waals surface area contributed by atoms with Crippen molar-refractivity contribution in [3.63, 3.8) is 0 Å². The van der Waals surface area contributed by atoms with Gasteiger partial charge in [-0.1, -0.05) is 23.7 Å². The van der Waals surface area contributed by atoms with Crippen LogP contribution in [0.25, 0.3) is 0 Å². The topological polar surface area (TPSA) is 72.5 Å². The van der Waals surface area contributed by atoms with Crippen LogP contribution in [0.15, 0.2) is 60.8 Å². The van der Waals surface area contributed by atoms with Crippen molar-refractivity contribution in [2.45, 2.75) is 6.54 Å². The molecule has 0 atom stereocenters. The largest absolute Gasteiger partial charge is 0.493 e. The lowest BCUT2D eigenvalue weighted by Gasteiger charge is -2.11. The molecule has 0 spiro atoms. The Morgan fingerprint density at radius 2 is 1.82 bits per heavy atom. The minimum absolute atomic E-state index is 0.303. The van der Waals surface area contributed by atoms with Crippen LogP contribution in [0, 0.1) is 0 Å². The van der Waals surface area contributed by atoms with E-state index in [1.54, 1.807) is 56.8 Å². The quantitative estimate of drug-likeness (QED) is 0.608. The molecule has 1 heterocycles. The number of methoxy groups -OCH3 is 2. The van der Waals surface area contributed by atoms with Crippen LogP contribution >= 0.6 is 11.6 Å². The third kappa shape index (κ3) is 4.92. The highest BCUT2D eigenvalue weighted by atomic mass is 35.5. The highest BCUT2D eigenvalue weighted by molar-refractivity contribution is 6.30. The average Bonchev–Trinajstić information content (AvgIpc) is 2.72. The van der Waals surface area contributed by atoms with E-state index in [2.05, 4.69) is 15.6 Å². The van der Waals surface area contributed by atoms with Gasteiger partial charge in [-0.15, -0.1) is 0 Å². The van der Waals surface area contributed by atoms with Crippen LogP contribution in [0.4, 0.5) is 11.4 Å². The lowest BCUT2D eigenvalue weighted by molar-refractivity contribution is 0.102. The molecule has 0 unspecified atom stereocenters. The molecule has 1 amide bonds. The van der Waals surface area contributed by atoms with Crippen LogP contribution in [0.2, 0.25) is 5.02 Å². The SMILES string of the molecule is COc1ccc(CNc2ccnc(C(=O)Nc3cccc(Cl)c3)c2)cc1OC. The number of amides is 1. The van der Waals surface area contributed by atoms with E-state index in [0.29, 0.717) is 34.4 Å². The van der Waals surface area contributed by atoms with Gasteiger partial charge in [0.15, 0.2) is 11.5 Å². The van der Waals surface area contributed by atoms with E-state index in [4.69, 9.17) is 21.1 Å². The van der Waals surface area contributed by atoms with E-state index < -0.39 is 0 Å². The predicted molar refractivity (Wildman–Crippen MR) is 111 cm³/mol. The fourth-order valence-corrected chi connectivity index (χ4v) is 2.81. The second-order valence-corrected chi connectivity index (χ2v) is 6.37. The van der Waals surface area contributed by atoms with Gasteiger partial charge in [0.2, 0.25) is 0 Å². The molecule has 28 heavy (non-hydrogen) atoms. The van der Waals surface area contributed by atoms with Gasteiger partial charge in [-0.3, -0.25) is 9.78 Å². The zero-order chi connectivity index (χ0) is 19.9. The monoisotopic (exact) mass is 397 g/mol. The maximum Gasteiger partial charge on any atom is 0.274 e. The first kappa shape index (κ1) is 19.5. The van der Waals surface area contributed by atoms with Gasteiger partial charge in [0.05, 0.1) is 14.2 Å². The molecule has 6 nitrogen and oxygen atoms in total. The van der Waals surface area contributed by atoms with Gasteiger partial charge in [0, 0.05) is 29.1 Å². The average molecular weight is 398 g/mol. The summed E-state index contributed by atoms with van der Waals surface area (Å²) in [5.74, 6) is 1.03. The minimum Gasteiger partial charge on any atom is -0.493 e.